The Hall–Kier alpha value is -2.18. The third kappa shape index (κ3) is 3.41. The average Bonchev–Trinajstić information content (AvgIpc) is 2.34. The van der Waals surface area contributed by atoms with E-state index in [0.717, 1.165) is 12.3 Å². The zero-order valence-corrected chi connectivity index (χ0v) is 10.1. The van der Waals surface area contributed by atoms with E-state index >= 15 is 0 Å². The second-order valence-electron chi connectivity index (χ2n) is 4.11. The Labute approximate surface area is 104 Å². The zero-order chi connectivity index (χ0) is 13.7. The number of nitrogens with two attached hydrogens (primary N) is 1. The predicted octanol–water partition coefficient (Wildman–Crippen LogP) is 0.721. The molecule has 98 valence electrons. The Bertz CT molecular complexity index is 462. The number of rotatable bonds is 4. The summed E-state index contributed by atoms with van der Waals surface area (Å²) in [5.74, 6) is -1.33. The van der Waals surface area contributed by atoms with Gasteiger partial charge in [-0.3, -0.25) is 9.78 Å². The van der Waals surface area contributed by atoms with Crippen LogP contribution >= 0.6 is 0 Å². The quantitative estimate of drug-likeness (QED) is 0.319. The Morgan fingerprint density at radius 2 is 2.22 bits per heavy atom. The first-order valence-corrected chi connectivity index (χ1v) is 5.34. The molecule has 1 amide bonds. The summed E-state index contributed by atoms with van der Waals surface area (Å²) in [6.07, 6.45) is 2.24. The molecule has 1 aromatic heterocycles. The van der Waals surface area contributed by atoms with Crippen molar-refractivity contribution < 1.29 is 14.4 Å². The lowest BCUT2D eigenvalue weighted by atomic mass is 10.0. The molecule has 0 aliphatic rings. The molecule has 7 heteroatoms. The second kappa shape index (κ2) is 5.95. The van der Waals surface area contributed by atoms with E-state index in [9.17, 15) is 9.18 Å². The normalized spacial score (nSPS) is 13.4. The van der Waals surface area contributed by atoms with Crippen LogP contribution < -0.4 is 11.1 Å². The topological polar surface area (TPSA) is 101 Å². The Kier molecular flexibility index (Phi) is 4.59. The molecule has 0 aliphatic heterocycles. The van der Waals surface area contributed by atoms with E-state index in [4.69, 9.17) is 10.9 Å². The highest BCUT2D eigenvalue weighted by Gasteiger charge is 2.21. The number of amides is 1. The number of amidine groups is 1. The molecule has 0 bridgehead atoms. The number of carbonyl (C=O) groups is 1. The van der Waals surface area contributed by atoms with Gasteiger partial charge in [-0.25, -0.2) is 4.39 Å². The Morgan fingerprint density at radius 1 is 1.56 bits per heavy atom. The van der Waals surface area contributed by atoms with E-state index in [1.54, 1.807) is 13.8 Å². The summed E-state index contributed by atoms with van der Waals surface area (Å²) < 4.78 is 12.9. The van der Waals surface area contributed by atoms with Crippen molar-refractivity contribution in [3.05, 3.63) is 29.8 Å². The van der Waals surface area contributed by atoms with E-state index in [0.29, 0.717) is 0 Å². The summed E-state index contributed by atoms with van der Waals surface area (Å²) in [6, 6.07) is 0.428. The van der Waals surface area contributed by atoms with Gasteiger partial charge in [0.05, 0.1) is 17.8 Å². The van der Waals surface area contributed by atoms with Gasteiger partial charge in [0.15, 0.2) is 5.84 Å². The molecule has 0 aliphatic carbocycles. The highest BCUT2D eigenvalue weighted by Crippen LogP contribution is 2.05. The van der Waals surface area contributed by atoms with Crippen molar-refractivity contribution in [3.63, 3.8) is 0 Å². The van der Waals surface area contributed by atoms with Gasteiger partial charge < -0.3 is 16.3 Å². The van der Waals surface area contributed by atoms with E-state index < -0.39 is 17.8 Å². The minimum atomic E-state index is -0.634. The van der Waals surface area contributed by atoms with Gasteiger partial charge in [0.2, 0.25) is 0 Å². The molecular formula is C11H15FN4O2. The second-order valence-corrected chi connectivity index (χ2v) is 4.11. The van der Waals surface area contributed by atoms with Crippen LogP contribution in [0.5, 0.6) is 0 Å². The van der Waals surface area contributed by atoms with Gasteiger partial charge in [-0.2, -0.15) is 0 Å². The van der Waals surface area contributed by atoms with Crippen LogP contribution in [-0.4, -0.2) is 28.0 Å². The van der Waals surface area contributed by atoms with Crippen molar-refractivity contribution in [1.29, 1.82) is 0 Å². The summed E-state index contributed by atoms with van der Waals surface area (Å²) in [6.45, 7) is 3.60. The monoisotopic (exact) mass is 254 g/mol. The number of nitrogens with one attached hydrogen (secondary N) is 1. The molecule has 4 N–H and O–H groups in total. The molecule has 0 saturated heterocycles. The number of halogens is 1. The fourth-order valence-corrected chi connectivity index (χ4v) is 1.40. The van der Waals surface area contributed by atoms with Gasteiger partial charge in [0.1, 0.15) is 5.82 Å². The van der Waals surface area contributed by atoms with Crippen LogP contribution in [0.25, 0.3) is 0 Å². The number of pyridine rings is 1. The number of carbonyl (C=O) groups excluding carboxylic acids is 1. The molecule has 1 aromatic rings. The molecular weight excluding hydrogens is 239 g/mol. The molecule has 18 heavy (non-hydrogen) atoms. The van der Waals surface area contributed by atoms with E-state index in [1.807, 2.05) is 0 Å². The third-order valence-electron chi connectivity index (χ3n) is 2.35. The van der Waals surface area contributed by atoms with Crippen LogP contribution in [-0.2, 0) is 0 Å². The summed E-state index contributed by atoms with van der Waals surface area (Å²) in [5, 5.41) is 14.0. The lowest BCUT2D eigenvalue weighted by molar-refractivity contribution is 0.0938. The molecule has 6 nitrogen and oxygen atoms in total. The number of hydrogen-bond donors (Lipinski definition) is 3. The van der Waals surface area contributed by atoms with Crippen LogP contribution in [0, 0.1) is 11.7 Å². The van der Waals surface area contributed by atoms with Gasteiger partial charge in [-0.15, -0.1) is 0 Å². The molecule has 1 heterocycles. The van der Waals surface area contributed by atoms with Crippen molar-refractivity contribution in [1.82, 2.24) is 10.3 Å². The van der Waals surface area contributed by atoms with Crippen molar-refractivity contribution in [2.45, 2.75) is 19.9 Å². The minimum absolute atomic E-state index is 0.0754. The zero-order valence-electron chi connectivity index (χ0n) is 10.1. The summed E-state index contributed by atoms with van der Waals surface area (Å²) >= 11 is 0. The molecule has 0 saturated carbocycles. The van der Waals surface area contributed by atoms with Gasteiger partial charge in [0.25, 0.3) is 5.91 Å². The van der Waals surface area contributed by atoms with Crippen LogP contribution in [0.4, 0.5) is 4.39 Å². The van der Waals surface area contributed by atoms with Crippen molar-refractivity contribution >= 4 is 11.7 Å². The summed E-state index contributed by atoms with van der Waals surface area (Å²) in [7, 11) is 0. The maximum atomic E-state index is 12.9. The third-order valence-corrected chi connectivity index (χ3v) is 2.35. The lowest BCUT2D eigenvalue weighted by Crippen LogP contribution is -2.47. The Morgan fingerprint density at radius 3 is 2.72 bits per heavy atom. The number of oxime groups is 1. The van der Waals surface area contributed by atoms with E-state index in [1.165, 1.54) is 6.20 Å². The van der Waals surface area contributed by atoms with Gasteiger partial charge >= 0.3 is 0 Å². The first-order valence-electron chi connectivity index (χ1n) is 5.34. The molecule has 0 fully saturated rings. The fraction of sp³-hybridized carbons (Fsp3) is 0.364. The van der Waals surface area contributed by atoms with Crippen molar-refractivity contribution in [2.24, 2.45) is 16.8 Å². The van der Waals surface area contributed by atoms with Gasteiger partial charge in [-0.1, -0.05) is 19.0 Å². The lowest BCUT2D eigenvalue weighted by Gasteiger charge is -2.20. The summed E-state index contributed by atoms with van der Waals surface area (Å²) in [5.41, 5.74) is 5.55. The van der Waals surface area contributed by atoms with Crippen molar-refractivity contribution in [3.8, 4) is 0 Å². The first kappa shape index (κ1) is 13.9. The Balaban J connectivity index is 2.85. The number of aromatic nitrogens is 1. The molecule has 1 unspecified atom stereocenters. The molecule has 1 rings (SSSR count). The van der Waals surface area contributed by atoms with Crippen molar-refractivity contribution in [2.75, 3.05) is 0 Å². The minimum Gasteiger partial charge on any atom is -0.409 e. The molecule has 0 aromatic carbocycles. The van der Waals surface area contributed by atoms with Crippen LogP contribution in [0.3, 0.4) is 0 Å². The maximum Gasteiger partial charge on any atom is 0.253 e. The van der Waals surface area contributed by atoms with Crippen LogP contribution in [0.15, 0.2) is 23.6 Å². The maximum absolute atomic E-state index is 12.9. The molecule has 0 radical (unpaired) electrons. The number of hydrogen-bond acceptors (Lipinski definition) is 4. The molecule has 1 atom stereocenters. The molecule has 0 spiro atoms. The first-order chi connectivity index (χ1) is 8.45. The van der Waals surface area contributed by atoms with E-state index in [-0.39, 0.29) is 17.3 Å². The van der Waals surface area contributed by atoms with E-state index in [2.05, 4.69) is 15.5 Å². The largest absolute Gasteiger partial charge is 0.409 e. The highest BCUT2D eigenvalue weighted by molar-refractivity contribution is 5.98. The van der Waals surface area contributed by atoms with Crippen LogP contribution in [0.1, 0.15) is 24.2 Å². The van der Waals surface area contributed by atoms with Gasteiger partial charge in [0, 0.05) is 6.20 Å². The summed E-state index contributed by atoms with van der Waals surface area (Å²) in [4.78, 5) is 15.4. The smallest absolute Gasteiger partial charge is 0.253 e. The average molecular weight is 254 g/mol. The fourth-order valence-electron chi connectivity index (χ4n) is 1.40. The van der Waals surface area contributed by atoms with Gasteiger partial charge in [-0.05, 0) is 12.0 Å². The van der Waals surface area contributed by atoms with Crippen LogP contribution in [0.2, 0.25) is 0 Å². The standard InChI is InChI=1S/C11H15FN4O2/c1-6(2)9(10(13)16-18)15-11(17)7-3-8(12)5-14-4-7/h3-6,9,18H,1-2H3,(H2,13,16)(H,15,17). The predicted molar refractivity (Wildman–Crippen MR) is 63.7 cm³/mol. The SMILES string of the molecule is CC(C)C(NC(=O)c1cncc(F)c1)/C(N)=N/O. The number of nitrogens with zero attached hydrogens (tertiary/aromatic N) is 2. The highest BCUT2D eigenvalue weighted by atomic mass is 19.1.